The number of aromatic nitrogens is 1. The predicted octanol–water partition coefficient (Wildman–Crippen LogP) is 9.18. The molecule has 0 saturated carbocycles. The van der Waals surface area contributed by atoms with Gasteiger partial charge in [0.15, 0.2) is 8.32 Å². The first-order chi connectivity index (χ1) is 17.2. The van der Waals surface area contributed by atoms with Crippen LogP contribution in [0, 0.1) is 18.2 Å². The van der Waals surface area contributed by atoms with Gasteiger partial charge in [-0.1, -0.05) is 61.0 Å². The number of hydrogen-bond acceptors (Lipinski definition) is 3. The van der Waals surface area contributed by atoms with E-state index in [2.05, 4.69) is 47.7 Å². The fourth-order valence-electron chi connectivity index (χ4n) is 5.19. The van der Waals surface area contributed by atoms with Crippen molar-refractivity contribution in [2.75, 3.05) is 0 Å². The Bertz CT molecular complexity index is 1190. The Balaban J connectivity index is 2.23. The molecule has 1 N–H and O–H groups in total. The summed E-state index contributed by atoms with van der Waals surface area (Å²) in [5.74, 6) is -1.46. The van der Waals surface area contributed by atoms with Gasteiger partial charge in [0.1, 0.15) is 11.9 Å². The molecule has 3 nitrogen and oxygen atoms in total. The highest BCUT2D eigenvalue weighted by atomic mass is 28.4. The van der Waals surface area contributed by atoms with Crippen LogP contribution in [0.5, 0.6) is 0 Å². The molecule has 0 aliphatic heterocycles. The number of aliphatic hydroxyl groups is 1. The fraction of sp³-hybridized carbons (Fsp3) is 0.633. The molecule has 0 saturated heterocycles. The lowest BCUT2D eigenvalue weighted by Crippen LogP contribution is -2.44. The molecule has 1 aliphatic carbocycles. The molecule has 1 heterocycles. The molecule has 0 fully saturated rings. The number of halogens is 4. The number of nitrogens with zero attached hydrogens (tertiary/aromatic N) is 1. The maximum atomic E-state index is 14.5. The van der Waals surface area contributed by atoms with E-state index in [1.54, 1.807) is 0 Å². The van der Waals surface area contributed by atoms with Gasteiger partial charge in [-0.2, -0.15) is 13.2 Å². The number of fused-ring (bicyclic) bond motifs is 1. The maximum Gasteiger partial charge on any atom is 0.419 e. The van der Waals surface area contributed by atoms with Gasteiger partial charge >= 0.3 is 6.18 Å². The minimum absolute atomic E-state index is 0.00437. The Morgan fingerprint density at radius 1 is 1.18 bits per heavy atom. The number of aliphatic hydroxyl groups excluding tert-OH is 1. The SMILES string of the molecule is CCC1(C)Cc2nc(C(C)C)c(C(O)c3ccc(C(F)(F)F)c(F)c3)c(C)c2C(O[Si](C)(C)C(C)(C)C)C1. The number of benzene rings is 1. The van der Waals surface area contributed by atoms with Crippen LogP contribution in [0.2, 0.25) is 18.1 Å². The van der Waals surface area contributed by atoms with Crippen LogP contribution >= 0.6 is 0 Å². The van der Waals surface area contributed by atoms with Crippen molar-refractivity contribution >= 4 is 8.32 Å². The smallest absolute Gasteiger partial charge is 0.410 e. The molecule has 8 heteroatoms. The number of pyridine rings is 1. The molecule has 3 rings (SSSR count). The van der Waals surface area contributed by atoms with E-state index in [9.17, 15) is 22.7 Å². The second kappa shape index (κ2) is 10.3. The zero-order valence-electron chi connectivity index (χ0n) is 24.4. The largest absolute Gasteiger partial charge is 0.419 e. The third-order valence-corrected chi connectivity index (χ3v) is 13.3. The van der Waals surface area contributed by atoms with E-state index in [-0.39, 0.29) is 28.0 Å². The van der Waals surface area contributed by atoms with E-state index < -0.39 is 32.0 Å². The minimum Gasteiger partial charge on any atom is -0.410 e. The minimum atomic E-state index is -4.81. The molecule has 0 amide bonds. The van der Waals surface area contributed by atoms with Gasteiger partial charge in [-0.25, -0.2) is 4.39 Å². The van der Waals surface area contributed by atoms with Crippen LogP contribution in [0.25, 0.3) is 0 Å². The molecule has 212 valence electrons. The Morgan fingerprint density at radius 2 is 1.79 bits per heavy atom. The van der Waals surface area contributed by atoms with Crippen molar-refractivity contribution in [3.63, 3.8) is 0 Å². The molecular formula is C30H43F4NO2Si. The molecule has 38 heavy (non-hydrogen) atoms. The second-order valence-corrected chi connectivity index (χ2v) is 17.9. The average molecular weight is 554 g/mol. The summed E-state index contributed by atoms with van der Waals surface area (Å²) in [6.45, 7) is 21.4. The standard InChI is InChI=1S/C30H43F4NO2Si/c1-11-29(8)15-22-24(23(16-29)37-38(9,10)28(5,6)7)18(4)25(26(35-22)17(2)3)27(36)19-12-13-20(21(31)14-19)30(32,33)34/h12-14,17,23,27,36H,11,15-16H2,1-10H3. The number of rotatable bonds is 6. The van der Waals surface area contributed by atoms with Crippen molar-refractivity contribution < 1.29 is 27.1 Å². The van der Waals surface area contributed by atoms with Crippen molar-refractivity contribution in [2.24, 2.45) is 5.41 Å². The molecule has 1 aliphatic rings. The monoisotopic (exact) mass is 553 g/mol. The van der Waals surface area contributed by atoms with Gasteiger partial charge in [0, 0.05) is 22.5 Å². The molecule has 1 aromatic carbocycles. The first-order valence-corrected chi connectivity index (χ1v) is 16.4. The Kier molecular flexibility index (Phi) is 8.36. The highest BCUT2D eigenvalue weighted by Crippen LogP contribution is 2.51. The van der Waals surface area contributed by atoms with Crippen LogP contribution in [-0.4, -0.2) is 18.4 Å². The Hall–Kier alpha value is -1.77. The van der Waals surface area contributed by atoms with E-state index in [1.807, 2.05) is 20.8 Å². The van der Waals surface area contributed by atoms with Crippen molar-refractivity contribution in [2.45, 2.75) is 117 Å². The van der Waals surface area contributed by atoms with Gasteiger partial charge < -0.3 is 9.53 Å². The maximum absolute atomic E-state index is 14.5. The van der Waals surface area contributed by atoms with Gasteiger partial charge in [-0.15, -0.1) is 0 Å². The second-order valence-electron chi connectivity index (χ2n) is 13.1. The van der Waals surface area contributed by atoms with Gasteiger partial charge in [-0.3, -0.25) is 4.98 Å². The van der Waals surface area contributed by atoms with Gasteiger partial charge in [0.25, 0.3) is 0 Å². The van der Waals surface area contributed by atoms with Crippen LogP contribution in [-0.2, 0) is 17.0 Å². The molecular weight excluding hydrogens is 510 g/mol. The topological polar surface area (TPSA) is 42.4 Å². The summed E-state index contributed by atoms with van der Waals surface area (Å²) >= 11 is 0. The molecule has 0 spiro atoms. The summed E-state index contributed by atoms with van der Waals surface area (Å²) in [7, 11) is -2.18. The van der Waals surface area contributed by atoms with Crippen LogP contribution in [0.15, 0.2) is 18.2 Å². The molecule has 1 aromatic heterocycles. The summed E-state index contributed by atoms with van der Waals surface area (Å²) in [6.07, 6.45) is -3.78. The molecule has 2 aromatic rings. The van der Waals surface area contributed by atoms with E-state index in [1.165, 1.54) is 0 Å². The zero-order chi connectivity index (χ0) is 29.0. The molecule has 3 unspecified atom stereocenters. The van der Waals surface area contributed by atoms with Crippen molar-refractivity contribution in [3.05, 3.63) is 63.2 Å². The van der Waals surface area contributed by atoms with Crippen molar-refractivity contribution in [1.29, 1.82) is 0 Å². The number of hydrogen-bond donors (Lipinski definition) is 1. The van der Waals surface area contributed by atoms with Gasteiger partial charge in [-0.05, 0) is 72.5 Å². The van der Waals surface area contributed by atoms with E-state index in [0.29, 0.717) is 17.3 Å². The van der Waals surface area contributed by atoms with Gasteiger partial charge in [0.05, 0.1) is 11.7 Å². The van der Waals surface area contributed by atoms with Crippen molar-refractivity contribution in [1.82, 2.24) is 4.98 Å². The number of alkyl halides is 3. The highest BCUT2D eigenvalue weighted by Gasteiger charge is 2.45. The van der Waals surface area contributed by atoms with Crippen LogP contribution in [0.3, 0.4) is 0 Å². The third-order valence-electron chi connectivity index (χ3n) is 8.78. The van der Waals surface area contributed by atoms with Crippen LogP contribution in [0.1, 0.15) is 119 Å². The molecule has 0 radical (unpaired) electrons. The first-order valence-electron chi connectivity index (χ1n) is 13.5. The van der Waals surface area contributed by atoms with Crippen LogP contribution < -0.4 is 0 Å². The first kappa shape index (κ1) is 30.8. The third kappa shape index (κ3) is 5.87. The zero-order valence-corrected chi connectivity index (χ0v) is 25.4. The molecule has 0 bridgehead atoms. The van der Waals surface area contributed by atoms with E-state index in [0.717, 1.165) is 48.2 Å². The van der Waals surface area contributed by atoms with Crippen LogP contribution in [0.4, 0.5) is 17.6 Å². The lowest BCUT2D eigenvalue weighted by Gasteiger charge is -2.46. The fourth-order valence-corrected chi connectivity index (χ4v) is 6.46. The summed E-state index contributed by atoms with van der Waals surface area (Å²) in [5, 5.41) is 11.5. The Labute approximate surface area is 226 Å². The molecule has 3 atom stereocenters. The van der Waals surface area contributed by atoms with E-state index >= 15 is 0 Å². The summed E-state index contributed by atoms with van der Waals surface area (Å²) in [4.78, 5) is 5.09. The average Bonchev–Trinajstić information content (AvgIpc) is 2.76. The van der Waals surface area contributed by atoms with E-state index in [4.69, 9.17) is 9.41 Å². The van der Waals surface area contributed by atoms with Gasteiger partial charge in [0.2, 0.25) is 0 Å². The summed E-state index contributed by atoms with van der Waals surface area (Å²) in [5.41, 5.74) is 2.69. The quantitative estimate of drug-likeness (QED) is 0.286. The normalized spacial score (nSPS) is 21.5. The predicted molar refractivity (Wildman–Crippen MR) is 146 cm³/mol. The highest BCUT2D eigenvalue weighted by molar-refractivity contribution is 6.74. The summed E-state index contributed by atoms with van der Waals surface area (Å²) < 4.78 is 60.9. The Morgan fingerprint density at radius 3 is 2.26 bits per heavy atom. The lowest BCUT2D eigenvalue weighted by molar-refractivity contribution is -0.140. The summed E-state index contributed by atoms with van der Waals surface area (Å²) in [6, 6.07) is 2.63. The lowest BCUT2D eigenvalue weighted by atomic mass is 9.70. The van der Waals surface area contributed by atoms with Crippen molar-refractivity contribution in [3.8, 4) is 0 Å².